The molecule has 3 unspecified atom stereocenters. The minimum atomic E-state index is -0.737. The van der Waals surface area contributed by atoms with E-state index in [1.54, 1.807) is 0 Å². The molecule has 0 heterocycles. The number of hydrogen-bond acceptors (Lipinski definition) is 3. The summed E-state index contributed by atoms with van der Waals surface area (Å²) in [5.41, 5.74) is 0. The smallest absolute Gasteiger partial charge is 0.322 e. The number of aliphatic carboxylic acids is 1. The Balaban J connectivity index is 2.44. The fourth-order valence-corrected chi connectivity index (χ4v) is 2.79. The Morgan fingerprint density at radius 1 is 1.50 bits per heavy atom. The van der Waals surface area contributed by atoms with Crippen molar-refractivity contribution in [3.8, 4) is 0 Å². The Morgan fingerprint density at radius 3 is 2.78 bits per heavy atom. The van der Waals surface area contributed by atoms with Gasteiger partial charge in [0.05, 0.1) is 0 Å². The van der Waals surface area contributed by atoms with Crippen LogP contribution in [0.5, 0.6) is 0 Å². The lowest BCUT2D eigenvalue weighted by Gasteiger charge is -2.35. The van der Waals surface area contributed by atoms with Gasteiger partial charge in [0.15, 0.2) is 0 Å². The van der Waals surface area contributed by atoms with E-state index in [9.17, 15) is 9.90 Å². The molecule has 1 saturated carbocycles. The van der Waals surface area contributed by atoms with E-state index in [1.165, 1.54) is 25.7 Å². The second-order valence-corrected chi connectivity index (χ2v) is 5.71. The summed E-state index contributed by atoms with van der Waals surface area (Å²) in [7, 11) is 2.06. The number of hydrogen-bond donors (Lipinski definition) is 2. The largest absolute Gasteiger partial charge is 0.480 e. The van der Waals surface area contributed by atoms with Gasteiger partial charge in [0.2, 0.25) is 0 Å². The summed E-state index contributed by atoms with van der Waals surface area (Å²) in [6.07, 6.45) is 5.97. The maximum absolute atomic E-state index is 11.2. The van der Waals surface area contributed by atoms with E-state index >= 15 is 0 Å². The van der Waals surface area contributed by atoms with Gasteiger partial charge in [0.25, 0.3) is 0 Å². The van der Waals surface area contributed by atoms with E-state index in [2.05, 4.69) is 31.1 Å². The van der Waals surface area contributed by atoms with E-state index in [-0.39, 0.29) is 0 Å². The number of carboxylic acids is 1. The zero-order valence-corrected chi connectivity index (χ0v) is 12.0. The molecule has 1 aliphatic carbocycles. The van der Waals surface area contributed by atoms with E-state index in [4.69, 9.17) is 0 Å². The summed E-state index contributed by atoms with van der Waals surface area (Å²) in [5.74, 6) is 0.0391. The van der Waals surface area contributed by atoms with Crippen LogP contribution in [0, 0.1) is 5.92 Å². The zero-order chi connectivity index (χ0) is 13.5. The molecule has 4 nitrogen and oxygen atoms in total. The lowest BCUT2D eigenvalue weighted by atomic mass is 9.86. The van der Waals surface area contributed by atoms with Gasteiger partial charge in [-0.15, -0.1) is 0 Å². The molecular weight excluding hydrogens is 228 g/mol. The van der Waals surface area contributed by atoms with Crippen molar-refractivity contribution in [1.82, 2.24) is 10.2 Å². The van der Waals surface area contributed by atoms with Crippen LogP contribution in [0.25, 0.3) is 0 Å². The van der Waals surface area contributed by atoms with Crippen LogP contribution in [0.1, 0.15) is 46.0 Å². The van der Waals surface area contributed by atoms with E-state index in [0.717, 1.165) is 18.9 Å². The third kappa shape index (κ3) is 4.94. The van der Waals surface area contributed by atoms with Gasteiger partial charge in [-0.2, -0.15) is 0 Å². The zero-order valence-electron chi connectivity index (χ0n) is 12.0. The molecule has 1 aliphatic rings. The maximum Gasteiger partial charge on any atom is 0.322 e. The van der Waals surface area contributed by atoms with Gasteiger partial charge in [-0.1, -0.05) is 26.7 Å². The highest BCUT2D eigenvalue weighted by Gasteiger charge is 2.26. The first-order chi connectivity index (χ1) is 8.54. The average molecular weight is 256 g/mol. The van der Waals surface area contributed by atoms with E-state index < -0.39 is 12.0 Å². The molecule has 1 rings (SSSR count). The van der Waals surface area contributed by atoms with Crippen molar-refractivity contribution in [1.29, 1.82) is 0 Å². The van der Waals surface area contributed by atoms with Gasteiger partial charge in [0.1, 0.15) is 6.04 Å². The summed E-state index contributed by atoms with van der Waals surface area (Å²) >= 11 is 0. The molecule has 0 aromatic rings. The van der Waals surface area contributed by atoms with Crippen LogP contribution in [0.4, 0.5) is 0 Å². The van der Waals surface area contributed by atoms with Gasteiger partial charge < -0.3 is 15.3 Å². The van der Waals surface area contributed by atoms with Crippen LogP contribution in [-0.4, -0.2) is 48.2 Å². The second-order valence-electron chi connectivity index (χ2n) is 5.71. The van der Waals surface area contributed by atoms with Crippen LogP contribution in [0.3, 0.4) is 0 Å². The molecular formula is C14H28N2O2. The molecule has 0 bridgehead atoms. The Morgan fingerprint density at radius 2 is 2.22 bits per heavy atom. The van der Waals surface area contributed by atoms with Crippen molar-refractivity contribution in [3.63, 3.8) is 0 Å². The third-order valence-corrected chi connectivity index (χ3v) is 3.94. The van der Waals surface area contributed by atoms with Crippen LogP contribution >= 0.6 is 0 Å². The van der Waals surface area contributed by atoms with Crippen LogP contribution in [0.15, 0.2) is 0 Å². The van der Waals surface area contributed by atoms with Crippen LogP contribution in [0.2, 0.25) is 0 Å². The van der Waals surface area contributed by atoms with Crippen molar-refractivity contribution >= 4 is 5.97 Å². The normalized spacial score (nSPS) is 26.2. The first-order valence-electron chi connectivity index (χ1n) is 7.21. The fraction of sp³-hybridized carbons (Fsp3) is 0.929. The molecule has 0 aromatic heterocycles. The number of nitrogens with one attached hydrogen (secondary N) is 1. The Bertz CT molecular complexity index is 258. The number of carbonyl (C=O) groups is 1. The van der Waals surface area contributed by atoms with E-state index in [1.807, 2.05) is 0 Å². The Kier molecular flexibility index (Phi) is 6.65. The molecule has 1 fully saturated rings. The first-order valence-corrected chi connectivity index (χ1v) is 7.21. The lowest BCUT2D eigenvalue weighted by Crippen LogP contribution is -2.48. The minimum Gasteiger partial charge on any atom is -0.480 e. The predicted molar refractivity (Wildman–Crippen MR) is 73.8 cm³/mol. The molecule has 18 heavy (non-hydrogen) atoms. The predicted octanol–water partition coefficient (Wildman–Crippen LogP) is 1.95. The van der Waals surface area contributed by atoms with Crippen molar-refractivity contribution in [2.24, 2.45) is 5.92 Å². The summed E-state index contributed by atoms with van der Waals surface area (Å²) in [6.45, 7) is 5.72. The SMILES string of the molecule is CCCNC(CN(C)C1CCCC(C)C1)C(=O)O. The molecule has 2 N–H and O–H groups in total. The van der Waals surface area contributed by atoms with Crippen LogP contribution in [-0.2, 0) is 4.79 Å². The lowest BCUT2D eigenvalue weighted by molar-refractivity contribution is -0.140. The van der Waals surface area contributed by atoms with Crippen LogP contribution < -0.4 is 5.32 Å². The standard InChI is InChI=1S/C14H28N2O2/c1-4-8-15-13(14(17)18)10-16(3)12-7-5-6-11(2)9-12/h11-13,15H,4-10H2,1-3H3,(H,17,18). The molecule has 0 aromatic carbocycles. The van der Waals surface area contributed by atoms with Crippen molar-refractivity contribution < 1.29 is 9.90 Å². The monoisotopic (exact) mass is 256 g/mol. The molecule has 0 saturated heterocycles. The molecule has 106 valence electrons. The van der Waals surface area contributed by atoms with E-state index in [0.29, 0.717) is 12.6 Å². The number of rotatable bonds is 7. The van der Waals surface area contributed by atoms with Gasteiger partial charge in [0, 0.05) is 12.6 Å². The minimum absolute atomic E-state index is 0.438. The Hall–Kier alpha value is -0.610. The molecule has 3 atom stereocenters. The molecule has 0 spiro atoms. The highest BCUT2D eigenvalue weighted by atomic mass is 16.4. The fourth-order valence-electron chi connectivity index (χ4n) is 2.79. The number of likely N-dealkylation sites (N-methyl/N-ethyl adjacent to an activating group) is 1. The Labute approximate surface area is 111 Å². The maximum atomic E-state index is 11.2. The second kappa shape index (κ2) is 7.74. The quantitative estimate of drug-likeness (QED) is 0.731. The molecule has 4 heteroatoms. The van der Waals surface area contributed by atoms with Gasteiger partial charge in [-0.25, -0.2) is 0 Å². The molecule has 0 radical (unpaired) electrons. The first kappa shape index (κ1) is 15.4. The van der Waals surface area contributed by atoms with Gasteiger partial charge in [-0.05, 0) is 38.8 Å². The van der Waals surface area contributed by atoms with Gasteiger partial charge >= 0.3 is 5.97 Å². The summed E-state index contributed by atoms with van der Waals surface area (Å²) < 4.78 is 0. The highest BCUT2D eigenvalue weighted by Crippen LogP contribution is 2.26. The van der Waals surface area contributed by atoms with Crippen molar-refractivity contribution in [2.45, 2.75) is 58.0 Å². The van der Waals surface area contributed by atoms with Crippen molar-refractivity contribution in [2.75, 3.05) is 20.1 Å². The van der Waals surface area contributed by atoms with Gasteiger partial charge in [-0.3, -0.25) is 4.79 Å². The average Bonchev–Trinajstić information content (AvgIpc) is 2.33. The highest BCUT2D eigenvalue weighted by molar-refractivity contribution is 5.73. The number of nitrogens with zero attached hydrogens (tertiary/aromatic N) is 1. The molecule has 0 amide bonds. The summed E-state index contributed by atoms with van der Waals surface area (Å²) in [5, 5.41) is 12.3. The topological polar surface area (TPSA) is 52.6 Å². The third-order valence-electron chi connectivity index (χ3n) is 3.94. The molecule has 0 aliphatic heterocycles. The van der Waals surface area contributed by atoms with Crippen molar-refractivity contribution in [3.05, 3.63) is 0 Å². The summed E-state index contributed by atoms with van der Waals surface area (Å²) in [6, 6.07) is 0.117. The number of carboxylic acid groups (broad SMARTS) is 1. The summed E-state index contributed by atoms with van der Waals surface area (Å²) in [4.78, 5) is 13.4.